The summed E-state index contributed by atoms with van der Waals surface area (Å²) in [6, 6.07) is -0.447. The highest BCUT2D eigenvalue weighted by atomic mass is 16.2. The van der Waals surface area contributed by atoms with Crippen molar-refractivity contribution in [3.8, 4) is 0 Å². The van der Waals surface area contributed by atoms with Crippen LogP contribution >= 0.6 is 0 Å². The van der Waals surface area contributed by atoms with Crippen molar-refractivity contribution in [2.24, 2.45) is 5.92 Å². The Labute approximate surface area is 69.1 Å². The van der Waals surface area contributed by atoms with Gasteiger partial charge >= 0.3 is 12.1 Å². The van der Waals surface area contributed by atoms with Crippen LogP contribution in [0.5, 0.6) is 0 Å². The average Bonchev–Trinajstić information content (AvgIpc) is 2.03. The molecule has 0 atom stereocenters. The molecule has 66 valence electrons. The summed E-state index contributed by atoms with van der Waals surface area (Å²) >= 11 is 0. The zero-order valence-electron chi connectivity index (χ0n) is 6.39. The maximum atomic E-state index is 10.8. The molecule has 2 fully saturated rings. The Morgan fingerprint density at radius 2 is 1.50 bits per heavy atom. The number of urea groups is 2. The van der Waals surface area contributed by atoms with E-state index in [-0.39, 0.29) is 24.1 Å². The van der Waals surface area contributed by atoms with E-state index in [1.165, 1.54) is 0 Å². The van der Waals surface area contributed by atoms with E-state index in [0.29, 0.717) is 13.1 Å². The van der Waals surface area contributed by atoms with Gasteiger partial charge in [-0.25, -0.2) is 9.59 Å². The lowest BCUT2D eigenvalue weighted by Crippen LogP contribution is -2.68. The van der Waals surface area contributed by atoms with Gasteiger partial charge in [-0.05, 0) is 0 Å². The first-order chi connectivity index (χ1) is 5.75. The molecule has 2 rings (SSSR count). The zero-order chi connectivity index (χ0) is 8.55. The first-order valence-corrected chi connectivity index (χ1v) is 3.84. The summed E-state index contributed by atoms with van der Waals surface area (Å²) in [5.41, 5.74) is 0. The van der Waals surface area contributed by atoms with E-state index in [1.54, 1.807) is 0 Å². The lowest BCUT2D eigenvalue weighted by atomic mass is 10.0. The van der Waals surface area contributed by atoms with E-state index in [1.807, 2.05) is 0 Å². The monoisotopic (exact) mass is 170 g/mol. The molecule has 0 radical (unpaired) electrons. The number of amides is 4. The van der Waals surface area contributed by atoms with Crippen LogP contribution in [0.3, 0.4) is 0 Å². The number of hydrogen-bond acceptors (Lipinski definition) is 2. The van der Waals surface area contributed by atoms with Gasteiger partial charge in [0.25, 0.3) is 0 Å². The second-order valence-electron chi connectivity index (χ2n) is 2.95. The molecule has 4 N–H and O–H groups in total. The van der Waals surface area contributed by atoms with Crippen LogP contribution in [0.2, 0.25) is 0 Å². The van der Waals surface area contributed by atoms with Gasteiger partial charge in [0.2, 0.25) is 0 Å². The minimum absolute atomic E-state index is 0.215. The summed E-state index contributed by atoms with van der Waals surface area (Å²) < 4.78 is 0. The molecule has 0 aliphatic carbocycles. The molecule has 2 aliphatic rings. The van der Waals surface area contributed by atoms with Crippen LogP contribution in [0, 0.1) is 5.92 Å². The Morgan fingerprint density at radius 3 is 2.00 bits per heavy atom. The highest BCUT2D eigenvalue weighted by Gasteiger charge is 2.32. The van der Waals surface area contributed by atoms with Gasteiger partial charge in [0.05, 0.1) is 0 Å². The van der Waals surface area contributed by atoms with Crippen molar-refractivity contribution in [2.45, 2.75) is 6.17 Å². The Hall–Kier alpha value is -1.46. The number of carbonyl (C=O) groups is 2. The van der Waals surface area contributed by atoms with Gasteiger partial charge in [-0.15, -0.1) is 0 Å². The molecule has 0 aromatic rings. The van der Waals surface area contributed by atoms with Gasteiger partial charge < -0.3 is 21.3 Å². The van der Waals surface area contributed by atoms with Crippen molar-refractivity contribution < 1.29 is 9.59 Å². The van der Waals surface area contributed by atoms with Crippen LogP contribution in [0.4, 0.5) is 9.59 Å². The lowest BCUT2D eigenvalue weighted by Gasteiger charge is -2.36. The summed E-state index contributed by atoms with van der Waals surface area (Å²) in [5, 5.41) is 10.6. The standard InChI is InChI=1S/C6H10N4O2/c11-5-7-1-3-2-8-6(12)10-4(3)9-5/h3-4H,1-2H2,(H2,7,9,11)(H2,8,10,12). The van der Waals surface area contributed by atoms with Gasteiger partial charge in [-0.3, -0.25) is 0 Å². The molecule has 6 nitrogen and oxygen atoms in total. The Morgan fingerprint density at radius 1 is 1.00 bits per heavy atom. The predicted octanol–water partition coefficient (Wildman–Crippen LogP) is -1.45. The van der Waals surface area contributed by atoms with Crippen LogP contribution in [-0.2, 0) is 0 Å². The lowest BCUT2D eigenvalue weighted by molar-refractivity contribution is 0.181. The predicted molar refractivity (Wildman–Crippen MR) is 40.3 cm³/mol. The van der Waals surface area contributed by atoms with Gasteiger partial charge in [-0.1, -0.05) is 0 Å². The highest BCUT2D eigenvalue weighted by Crippen LogP contribution is 2.06. The summed E-state index contributed by atoms with van der Waals surface area (Å²) in [6.07, 6.45) is -0.215. The first kappa shape index (κ1) is 7.20. The topological polar surface area (TPSA) is 82.3 Å². The Balaban J connectivity index is 2.03. The third kappa shape index (κ3) is 1.15. The summed E-state index contributed by atoms with van der Waals surface area (Å²) in [6.45, 7) is 1.20. The number of fused-ring (bicyclic) bond motifs is 1. The fraction of sp³-hybridized carbons (Fsp3) is 0.667. The second-order valence-corrected chi connectivity index (χ2v) is 2.95. The zero-order valence-corrected chi connectivity index (χ0v) is 6.39. The van der Waals surface area contributed by atoms with E-state index in [4.69, 9.17) is 0 Å². The van der Waals surface area contributed by atoms with Crippen LogP contribution in [0.1, 0.15) is 0 Å². The summed E-state index contributed by atoms with van der Waals surface area (Å²) in [4.78, 5) is 21.7. The molecule has 0 unspecified atom stereocenters. The Kier molecular flexibility index (Phi) is 1.53. The third-order valence-corrected chi connectivity index (χ3v) is 2.09. The maximum absolute atomic E-state index is 10.8. The normalized spacial score (nSPS) is 33.7. The van der Waals surface area contributed by atoms with E-state index < -0.39 is 0 Å². The van der Waals surface area contributed by atoms with Gasteiger partial charge in [0, 0.05) is 19.0 Å². The third-order valence-electron chi connectivity index (χ3n) is 2.09. The van der Waals surface area contributed by atoms with E-state index in [2.05, 4.69) is 21.3 Å². The van der Waals surface area contributed by atoms with Crippen molar-refractivity contribution in [1.29, 1.82) is 0 Å². The molecular formula is C6H10N4O2. The molecule has 0 bridgehead atoms. The van der Waals surface area contributed by atoms with Gasteiger partial charge in [0.15, 0.2) is 0 Å². The smallest absolute Gasteiger partial charge is 0.316 e. The van der Waals surface area contributed by atoms with Crippen molar-refractivity contribution >= 4 is 12.1 Å². The Bertz CT molecular complexity index is 208. The number of rotatable bonds is 0. The van der Waals surface area contributed by atoms with Gasteiger partial charge in [-0.2, -0.15) is 0 Å². The fourth-order valence-electron chi connectivity index (χ4n) is 1.41. The summed E-state index contributed by atoms with van der Waals surface area (Å²) in [7, 11) is 0. The molecule has 6 heteroatoms. The minimum Gasteiger partial charge on any atom is -0.338 e. The molecule has 2 heterocycles. The fourth-order valence-corrected chi connectivity index (χ4v) is 1.41. The number of carbonyl (C=O) groups excluding carboxylic acids is 2. The molecule has 4 amide bonds. The first-order valence-electron chi connectivity index (χ1n) is 3.84. The number of hydrogen-bond donors (Lipinski definition) is 4. The maximum Gasteiger partial charge on any atom is 0.316 e. The molecule has 0 spiro atoms. The van der Waals surface area contributed by atoms with Crippen molar-refractivity contribution in [3.05, 3.63) is 0 Å². The SMILES string of the molecule is O=C1NCC2CNC(=O)NC2N1. The largest absolute Gasteiger partial charge is 0.338 e. The molecule has 0 saturated carbocycles. The molecular weight excluding hydrogens is 160 g/mol. The molecule has 12 heavy (non-hydrogen) atoms. The van der Waals surface area contributed by atoms with Crippen LogP contribution in [0.15, 0.2) is 0 Å². The molecule has 0 aromatic carbocycles. The van der Waals surface area contributed by atoms with E-state index in [0.717, 1.165) is 0 Å². The molecule has 2 saturated heterocycles. The molecule has 2 aliphatic heterocycles. The van der Waals surface area contributed by atoms with E-state index >= 15 is 0 Å². The van der Waals surface area contributed by atoms with E-state index in [9.17, 15) is 9.59 Å². The summed E-state index contributed by atoms with van der Waals surface area (Å²) in [5.74, 6) is 0.236. The van der Waals surface area contributed by atoms with Crippen molar-refractivity contribution in [2.75, 3.05) is 13.1 Å². The van der Waals surface area contributed by atoms with Crippen LogP contribution in [-0.4, -0.2) is 31.3 Å². The molecule has 0 aromatic heterocycles. The average molecular weight is 170 g/mol. The number of nitrogens with one attached hydrogen (secondary N) is 4. The quantitative estimate of drug-likeness (QED) is 0.359. The van der Waals surface area contributed by atoms with Gasteiger partial charge in [0.1, 0.15) is 6.17 Å². The van der Waals surface area contributed by atoms with Crippen molar-refractivity contribution in [1.82, 2.24) is 21.3 Å². The highest BCUT2D eigenvalue weighted by molar-refractivity contribution is 5.79. The minimum atomic E-state index is -0.224. The van der Waals surface area contributed by atoms with Crippen LogP contribution < -0.4 is 21.3 Å². The van der Waals surface area contributed by atoms with Crippen LogP contribution in [0.25, 0.3) is 0 Å². The van der Waals surface area contributed by atoms with Crippen molar-refractivity contribution in [3.63, 3.8) is 0 Å². The second kappa shape index (κ2) is 2.54.